The summed E-state index contributed by atoms with van der Waals surface area (Å²) in [5, 5.41) is 0. The molecule has 112 valence electrons. The van der Waals surface area contributed by atoms with Crippen molar-refractivity contribution in [3.8, 4) is 0 Å². The molecule has 2 aromatic carbocycles. The zero-order valence-electron chi connectivity index (χ0n) is 11.9. The van der Waals surface area contributed by atoms with E-state index in [4.69, 9.17) is 5.73 Å². The lowest BCUT2D eigenvalue weighted by Crippen LogP contribution is -2.31. The van der Waals surface area contributed by atoms with Crippen LogP contribution in [0.4, 0.5) is 11.4 Å². The summed E-state index contributed by atoms with van der Waals surface area (Å²) in [6.07, 6.45) is 0. The number of hydrogen-bond donors (Lipinski definition) is 1. The predicted octanol–water partition coefficient (Wildman–Crippen LogP) is 3.55. The van der Waals surface area contributed by atoms with Gasteiger partial charge in [-0.15, -0.1) is 0 Å². The fourth-order valence-electron chi connectivity index (χ4n) is 2.16. The van der Waals surface area contributed by atoms with Crippen LogP contribution in [0.2, 0.25) is 0 Å². The molecule has 0 aromatic heterocycles. The number of halogens is 1. The molecule has 0 aliphatic carbocycles. The van der Waals surface area contributed by atoms with E-state index < -0.39 is 10.0 Å². The van der Waals surface area contributed by atoms with E-state index >= 15 is 0 Å². The number of nitrogens with two attached hydrogens (primary N) is 1. The molecule has 6 heteroatoms. The van der Waals surface area contributed by atoms with Gasteiger partial charge in [0.05, 0.1) is 5.69 Å². The minimum absolute atomic E-state index is 0.210. The van der Waals surface area contributed by atoms with Crippen LogP contribution < -0.4 is 10.0 Å². The van der Waals surface area contributed by atoms with E-state index in [2.05, 4.69) is 15.9 Å². The van der Waals surface area contributed by atoms with Crippen LogP contribution in [0.5, 0.6) is 0 Å². The lowest BCUT2D eigenvalue weighted by molar-refractivity contribution is 0.591. The number of benzene rings is 2. The van der Waals surface area contributed by atoms with Gasteiger partial charge in [0.1, 0.15) is 4.90 Å². The first-order chi connectivity index (χ1) is 9.87. The lowest BCUT2D eigenvalue weighted by Gasteiger charge is -2.25. The maximum Gasteiger partial charge on any atom is 0.265 e. The highest BCUT2D eigenvalue weighted by atomic mass is 79.9. The predicted molar refractivity (Wildman–Crippen MR) is 89.9 cm³/mol. The van der Waals surface area contributed by atoms with Gasteiger partial charge in [0.2, 0.25) is 0 Å². The Morgan fingerprint density at radius 3 is 2.43 bits per heavy atom. The van der Waals surface area contributed by atoms with Crippen molar-refractivity contribution in [2.75, 3.05) is 16.6 Å². The zero-order chi connectivity index (χ0) is 15.6. The van der Waals surface area contributed by atoms with Crippen molar-refractivity contribution in [3.05, 3.63) is 52.5 Å². The van der Waals surface area contributed by atoms with Crippen LogP contribution >= 0.6 is 15.9 Å². The summed E-state index contributed by atoms with van der Waals surface area (Å²) in [5.41, 5.74) is 7.79. The number of anilines is 2. The Kier molecular flexibility index (Phi) is 4.58. The molecular formula is C15H17BrN2O2S. The summed E-state index contributed by atoms with van der Waals surface area (Å²) in [6.45, 7) is 4.06. The van der Waals surface area contributed by atoms with Crippen molar-refractivity contribution in [3.63, 3.8) is 0 Å². The minimum atomic E-state index is -3.64. The highest BCUT2D eigenvalue weighted by molar-refractivity contribution is 9.10. The molecule has 21 heavy (non-hydrogen) atoms. The first-order valence-electron chi connectivity index (χ1n) is 6.51. The van der Waals surface area contributed by atoms with Crippen molar-refractivity contribution < 1.29 is 8.42 Å². The molecule has 0 aliphatic heterocycles. The molecule has 0 saturated carbocycles. The summed E-state index contributed by atoms with van der Waals surface area (Å²) < 4.78 is 27.7. The van der Waals surface area contributed by atoms with E-state index in [0.717, 1.165) is 5.56 Å². The summed E-state index contributed by atoms with van der Waals surface area (Å²) >= 11 is 3.29. The summed E-state index contributed by atoms with van der Waals surface area (Å²) in [6, 6.07) is 12.1. The molecule has 0 unspecified atom stereocenters. The molecule has 0 radical (unpaired) electrons. The van der Waals surface area contributed by atoms with E-state index in [-0.39, 0.29) is 4.90 Å². The standard InChI is InChI=1S/C15H17BrN2O2S/c1-3-18(14-7-5-4-6-11(14)2)21(19,20)15-9-8-12(17)10-13(15)16/h4-10H,3,17H2,1-2H3. The van der Waals surface area contributed by atoms with Crippen LogP contribution in [0.3, 0.4) is 0 Å². The molecule has 0 atom stereocenters. The molecule has 4 nitrogen and oxygen atoms in total. The van der Waals surface area contributed by atoms with Crippen LogP contribution in [0.1, 0.15) is 12.5 Å². The monoisotopic (exact) mass is 368 g/mol. The minimum Gasteiger partial charge on any atom is -0.399 e. The van der Waals surface area contributed by atoms with E-state index in [1.165, 1.54) is 10.4 Å². The second kappa shape index (κ2) is 6.07. The van der Waals surface area contributed by atoms with Gasteiger partial charge in [-0.25, -0.2) is 8.42 Å². The first kappa shape index (κ1) is 15.9. The largest absolute Gasteiger partial charge is 0.399 e. The fraction of sp³-hybridized carbons (Fsp3) is 0.200. The van der Waals surface area contributed by atoms with Crippen LogP contribution in [0.25, 0.3) is 0 Å². The van der Waals surface area contributed by atoms with Crippen molar-refractivity contribution in [1.29, 1.82) is 0 Å². The number of para-hydroxylation sites is 1. The maximum absolute atomic E-state index is 12.9. The second-order valence-electron chi connectivity index (χ2n) is 4.65. The Morgan fingerprint density at radius 2 is 1.86 bits per heavy atom. The van der Waals surface area contributed by atoms with Gasteiger partial charge in [-0.2, -0.15) is 0 Å². The van der Waals surface area contributed by atoms with Crippen molar-refractivity contribution in [2.45, 2.75) is 18.7 Å². The first-order valence-corrected chi connectivity index (χ1v) is 8.74. The molecule has 0 saturated heterocycles. The van der Waals surface area contributed by atoms with E-state index in [1.54, 1.807) is 12.1 Å². The number of rotatable bonds is 4. The highest BCUT2D eigenvalue weighted by Gasteiger charge is 2.26. The van der Waals surface area contributed by atoms with Crippen molar-refractivity contribution in [1.82, 2.24) is 0 Å². The maximum atomic E-state index is 12.9. The third-order valence-electron chi connectivity index (χ3n) is 3.20. The molecule has 0 fully saturated rings. The molecule has 2 N–H and O–H groups in total. The molecular weight excluding hydrogens is 352 g/mol. The molecule has 0 amide bonds. The molecule has 0 heterocycles. The van der Waals surface area contributed by atoms with Gasteiger partial charge in [-0.05, 0) is 59.6 Å². The summed E-state index contributed by atoms with van der Waals surface area (Å²) in [5.74, 6) is 0. The number of nitrogens with zero attached hydrogens (tertiary/aromatic N) is 1. The molecule has 0 bridgehead atoms. The van der Waals surface area contributed by atoms with Gasteiger partial charge in [0.25, 0.3) is 10.0 Å². The Bertz CT molecular complexity index is 760. The Labute approximate surface area is 133 Å². The van der Waals surface area contributed by atoms with Crippen LogP contribution in [-0.2, 0) is 10.0 Å². The van der Waals surface area contributed by atoms with Gasteiger partial charge in [0, 0.05) is 16.7 Å². The molecule has 0 spiro atoms. The van der Waals surface area contributed by atoms with E-state index in [0.29, 0.717) is 22.4 Å². The number of nitrogen functional groups attached to an aromatic ring is 1. The van der Waals surface area contributed by atoms with Gasteiger partial charge in [-0.1, -0.05) is 18.2 Å². The number of aryl methyl sites for hydroxylation is 1. The molecule has 2 rings (SSSR count). The third kappa shape index (κ3) is 3.06. The fourth-order valence-corrected chi connectivity index (χ4v) is 4.75. The topological polar surface area (TPSA) is 63.4 Å². The van der Waals surface area contributed by atoms with Gasteiger partial charge < -0.3 is 5.73 Å². The third-order valence-corrected chi connectivity index (χ3v) is 6.06. The Hall–Kier alpha value is -1.53. The smallest absolute Gasteiger partial charge is 0.265 e. The number of sulfonamides is 1. The molecule has 0 aliphatic rings. The van der Waals surface area contributed by atoms with Crippen LogP contribution in [0, 0.1) is 6.92 Å². The Morgan fingerprint density at radius 1 is 1.19 bits per heavy atom. The zero-order valence-corrected chi connectivity index (χ0v) is 14.3. The van der Waals surface area contributed by atoms with E-state index in [9.17, 15) is 8.42 Å². The van der Waals surface area contributed by atoms with Gasteiger partial charge in [-0.3, -0.25) is 4.31 Å². The summed E-state index contributed by atoms with van der Waals surface area (Å²) in [7, 11) is -3.64. The van der Waals surface area contributed by atoms with Crippen molar-refractivity contribution in [2.24, 2.45) is 0 Å². The Balaban J connectivity index is 2.58. The average Bonchev–Trinajstić information content (AvgIpc) is 2.41. The van der Waals surface area contributed by atoms with Crippen LogP contribution in [0.15, 0.2) is 51.8 Å². The summed E-state index contributed by atoms with van der Waals surface area (Å²) in [4.78, 5) is 0.210. The second-order valence-corrected chi connectivity index (χ2v) is 7.33. The van der Waals surface area contributed by atoms with Crippen LogP contribution in [-0.4, -0.2) is 15.0 Å². The quantitative estimate of drug-likeness (QED) is 0.839. The normalized spacial score (nSPS) is 11.4. The van der Waals surface area contributed by atoms with E-state index in [1.807, 2.05) is 38.1 Å². The van der Waals surface area contributed by atoms with Gasteiger partial charge in [0.15, 0.2) is 0 Å². The van der Waals surface area contributed by atoms with Gasteiger partial charge >= 0.3 is 0 Å². The average molecular weight is 369 g/mol. The van der Waals surface area contributed by atoms with Crippen molar-refractivity contribution >= 4 is 37.3 Å². The lowest BCUT2D eigenvalue weighted by atomic mass is 10.2. The highest BCUT2D eigenvalue weighted by Crippen LogP contribution is 2.31. The SMILES string of the molecule is CCN(c1ccccc1C)S(=O)(=O)c1ccc(N)cc1Br. The number of hydrogen-bond acceptors (Lipinski definition) is 3. The molecule has 2 aromatic rings.